The van der Waals surface area contributed by atoms with Crippen LogP contribution in [0.15, 0.2) is 0 Å². The second-order valence-electron chi connectivity index (χ2n) is 4.76. The van der Waals surface area contributed by atoms with Crippen molar-refractivity contribution in [2.75, 3.05) is 5.73 Å². The van der Waals surface area contributed by atoms with E-state index in [1.807, 2.05) is 0 Å². The Morgan fingerprint density at radius 1 is 0.929 bits per heavy atom. The van der Waals surface area contributed by atoms with Crippen molar-refractivity contribution in [3.8, 4) is 0 Å². The van der Waals surface area contributed by atoms with Gasteiger partial charge in [-0.3, -0.25) is 0 Å². The second-order valence-corrected chi connectivity index (χ2v) is 4.76. The maximum Gasteiger partial charge on any atom is 0.0382 e. The van der Waals surface area contributed by atoms with E-state index in [0.717, 1.165) is 11.6 Å². The fourth-order valence-corrected chi connectivity index (χ4v) is 2.60. The quantitative estimate of drug-likeness (QED) is 0.624. The lowest BCUT2D eigenvalue weighted by Gasteiger charge is -2.14. The summed E-state index contributed by atoms with van der Waals surface area (Å²) in [7, 11) is 0. The fraction of sp³-hybridized carbons (Fsp3) is 0.538. The van der Waals surface area contributed by atoms with E-state index in [0.29, 0.717) is 0 Å². The summed E-state index contributed by atoms with van der Waals surface area (Å²) in [5.41, 5.74) is 14.3. The monoisotopic (exact) mass is 189 g/mol. The van der Waals surface area contributed by atoms with Crippen LogP contribution < -0.4 is 5.73 Å². The van der Waals surface area contributed by atoms with Gasteiger partial charge in [-0.1, -0.05) is 6.92 Å². The predicted molar refractivity (Wildman–Crippen MR) is 61.6 cm³/mol. The van der Waals surface area contributed by atoms with Gasteiger partial charge >= 0.3 is 0 Å². The molecule has 2 rings (SSSR count). The van der Waals surface area contributed by atoms with Crippen LogP contribution in [0.3, 0.4) is 0 Å². The lowest BCUT2D eigenvalue weighted by atomic mass is 9.93. The first-order valence-electron chi connectivity index (χ1n) is 5.39. The molecular weight excluding hydrogens is 170 g/mol. The van der Waals surface area contributed by atoms with Crippen molar-refractivity contribution >= 4 is 5.69 Å². The third kappa shape index (κ3) is 1.15. The van der Waals surface area contributed by atoms with Gasteiger partial charge < -0.3 is 5.73 Å². The minimum absolute atomic E-state index is 0.771. The highest BCUT2D eigenvalue weighted by Crippen LogP contribution is 2.37. The molecular formula is C13H19N. The Bertz CT molecular complexity index is 354. The Kier molecular flexibility index (Phi) is 2.06. The van der Waals surface area contributed by atoms with Crippen LogP contribution in [0.2, 0.25) is 0 Å². The number of rotatable bonds is 0. The molecule has 0 bridgehead atoms. The molecule has 1 aromatic carbocycles. The largest absolute Gasteiger partial charge is 0.398 e. The number of hydrogen-bond acceptors (Lipinski definition) is 1. The van der Waals surface area contributed by atoms with Crippen LogP contribution in [0.5, 0.6) is 0 Å². The summed E-state index contributed by atoms with van der Waals surface area (Å²) in [5, 5.41) is 0. The SMILES string of the molecule is Cc1c(C)c(N)c2c(c1C)CC(C)C2. The molecule has 1 aromatic rings. The third-order valence-electron chi connectivity index (χ3n) is 3.78. The maximum atomic E-state index is 6.17. The molecule has 2 N–H and O–H groups in total. The molecule has 1 unspecified atom stereocenters. The van der Waals surface area contributed by atoms with Gasteiger partial charge in [0.25, 0.3) is 0 Å². The van der Waals surface area contributed by atoms with E-state index in [2.05, 4.69) is 27.7 Å². The molecule has 14 heavy (non-hydrogen) atoms. The van der Waals surface area contributed by atoms with Crippen LogP contribution >= 0.6 is 0 Å². The normalized spacial score (nSPS) is 19.9. The summed E-state index contributed by atoms with van der Waals surface area (Å²) in [6, 6.07) is 0. The van der Waals surface area contributed by atoms with Crippen LogP contribution in [0.4, 0.5) is 5.69 Å². The van der Waals surface area contributed by atoms with Gasteiger partial charge in [-0.2, -0.15) is 0 Å². The van der Waals surface area contributed by atoms with Crippen molar-refractivity contribution < 1.29 is 0 Å². The molecule has 1 nitrogen and oxygen atoms in total. The van der Waals surface area contributed by atoms with E-state index in [1.165, 1.54) is 40.7 Å². The third-order valence-corrected chi connectivity index (χ3v) is 3.78. The summed E-state index contributed by atoms with van der Waals surface area (Å²) >= 11 is 0. The number of fused-ring (bicyclic) bond motifs is 1. The van der Waals surface area contributed by atoms with Gasteiger partial charge in [0, 0.05) is 5.69 Å². The molecule has 0 radical (unpaired) electrons. The predicted octanol–water partition coefficient (Wildman–Crippen LogP) is 2.93. The molecule has 1 atom stereocenters. The Labute approximate surface area is 86.3 Å². The van der Waals surface area contributed by atoms with E-state index < -0.39 is 0 Å². The minimum Gasteiger partial charge on any atom is -0.398 e. The molecule has 0 aliphatic heterocycles. The molecule has 76 valence electrons. The zero-order chi connectivity index (χ0) is 10.5. The number of nitrogen functional groups attached to an aromatic ring is 1. The Hall–Kier alpha value is -0.980. The van der Waals surface area contributed by atoms with Crippen LogP contribution in [0.25, 0.3) is 0 Å². The zero-order valence-corrected chi connectivity index (χ0v) is 9.57. The average molecular weight is 189 g/mol. The van der Waals surface area contributed by atoms with Crippen LogP contribution in [-0.4, -0.2) is 0 Å². The van der Waals surface area contributed by atoms with E-state index in [4.69, 9.17) is 5.73 Å². The van der Waals surface area contributed by atoms with Gasteiger partial charge in [-0.15, -0.1) is 0 Å². The topological polar surface area (TPSA) is 26.0 Å². The molecule has 0 heterocycles. The molecule has 0 fully saturated rings. The summed E-state index contributed by atoms with van der Waals surface area (Å²) in [6.07, 6.45) is 2.38. The number of anilines is 1. The second kappa shape index (κ2) is 3.01. The summed E-state index contributed by atoms with van der Waals surface area (Å²) < 4.78 is 0. The Morgan fingerprint density at radius 2 is 1.50 bits per heavy atom. The van der Waals surface area contributed by atoms with Crippen molar-refractivity contribution in [2.24, 2.45) is 5.92 Å². The van der Waals surface area contributed by atoms with Crippen molar-refractivity contribution in [3.05, 3.63) is 27.8 Å². The molecule has 1 aliphatic carbocycles. The fourth-order valence-electron chi connectivity index (χ4n) is 2.60. The van der Waals surface area contributed by atoms with E-state index in [9.17, 15) is 0 Å². The number of benzene rings is 1. The molecule has 1 aliphatic rings. The highest BCUT2D eigenvalue weighted by atomic mass is 14.6. The lowest BCUT2D eigenvalue weighted by Crippen LogP contribution is -2.02. The van der Waals surface area contributed by atoms with Gasteiger partial charge in [0.15, 0.2) is 0 Å². The maximum absolute atomic E-state index is 6.17. The molecule has 0 amide bonds. The van der Waals surface area contributed by atoms with Crippen molar-refractivity contribution in [1.82, 2.24) is 0 Å². The number of nitrogens with two attached hydrogens (primary N) is 1. The van der Waals surface area contributed by atoms with Gasteiger partial charge in [-0.05, 0) is 67.3 Å². The van der Waals surface area contributed by atoms with Crippen molar-refractivity contribution in [1.29, 1.82) is 0 Å². The van der Waals surface area contributed by atoms with E-state index in [1.54, 1.807) is 0 Å². The first-order valence-corrected chi connectivity index (χ1v) is 5.39. The van der Waals surface area contributed by atoms with Crippen LogP contribution in [-0.2, 0) is 12.8 Å². The van der Waals surface area contributed by atoms with Crippen molar-refractivity contribution in [3.63, 3.8) is 0 Å². The van der Waals surface area contributed by atoms with Crippen molar-refractivity contribution in [2.45, 2.75) is 40.5 Å². The summed E-state index contributed by atoms with van der Waals surface area (Å²) in [4.78, 5) is 0. The van der Waals surface area contributed by atoms with E-state index >= 15 is 0 Å². The van der Waals surface area contributed by atoms with Crippen LogP contribution in [0, 0.1) is 26.7 Å². The molecule has 1 heteroatoms. The number of hydrogen-bond donors (Lipinski definition) is 1. The molecule has 0 spiro atoms. The van der Waals surface area contributed by atoms with E-state index in [-0.39, 0.29) is 0 Å². The summed E-state index contributed by atoms with van der Waals surface area (Å²) in [6.45, 7) is 8.87. The smallest absolute Gasteiger partial charge is 0.0382 e. The minimum atomic E-state index is 0.771. The Balaban J connectivity index is 2.70. The van der Waals surface area contributed by atoms with Gasteiger partial charge in [0.2, 0.25) is 0 Å². The standard InChI is InChI=1S/C13H19N/c1-7-5-11-9(3)8(2)10(4)13(14)12(11)6-7/h7H,5-6,14H2,1-4H3. The highest BCUT2D eigenvalue weighted by Gasteiger charge is 2.24. The molecule has 0 saturated heterocycles. The lowest BCUT2D eigenvalue weighted by molar-refractivity contribution is 0.627. The summed E-state index contributed by atoms with van der Waals surface area (Å²) in [5.74, 6) is 0.771. The zero-order valence-electron chi connectivity index (χ0n) is 9.57. The van der Waals surface area contributed by atoms with Crippen LogP contribution in [0.1, 0.15) is 34.7 Å². The van der Waals surface area contributed by atoms with Gasteiger partial charge in [0.05, 0.1) is 0 Å². The highest BCUT2D eigenvalue weighted by molar-refractivity contribution is 5.64. The first-order chi connectivity index (χ1) is 6.52. The van der Waals surface area contributed by atoms with Gasteiger partial charge in [0.1, 0.15) is 0 Å². The molecule has 0 aromatic heterocycles. The van der Waals surface area contributed by atoms with Gasteiger partial charge in [-0.25, -0.2) is 0 Å². The Morgan fingerprint density at radius 3 is 2.14 bits per heavy atom. The first kappa shape index (κ1) is 9.57. The average Bonchev–Trinajstić information content (AvgIpc) is 2.54. The molecule has 0 saturated carbocycles.